The predicted molar refractivity (Wildman–Crippen MR) is 108 cm³/mol. The van der Waals surface area contributed by atoms with Crippen LogP contribution in [0.25, 0.3) is 6.08 Å². The third-order valence-electron chi connectivity index (χ3n) is 3.99. The predicted octanol–water partition coefficient (Wildman–Crippen LogP) is 3.96. The van der Waals surface area contributed by atoms with E-state index in [-0.39, 0.29) is 29.4 Å². The van der Waals surface area contributed by atoms with Gasteiger partial charge in [-0.3, -0.25) is 9.59 Å². The van der Waals surface area contributed by atoms with E-state index in [1.807, 2.05) is 32.0 Å². The lowest BCUT2D eigenvalue weighted by Crippen LogP contribution is -2.13. The minimum absolute atomic E-state index is 0.0181. The number of ether oxygens (including phenoxy) is 3. The number of rotatable bonds is 8. The first kappa shape index (κ1) is 21.8. The molecule has 7 heteroatoms. The quantitative estimate of drug-likeness (QED) is 0.299. The van der Waals surface area contributed by atoms with Gasteiger partial charge in [0, 0.05) is 6.42 Å². The summed E-state index contributed by atoms with van der Waals surface area (Å²) in [6.45, 7) is 3.66. The van der Waals surface area contributed by atoms with Crippen molar-refractivity contribution in [1.82, 2.24) is 0 Å². The van der Waals surface area contributed by atoms with Crippen molar-refractivity contribution in [2.45, 2.75) is 20.3 Å². The molecule has 2 aromatic carbocycles. The Hall–Kier alpha value is -3.48. The minimum Gasteiger partial charge on any atom is -0.504 e. The van der Waals surface area contributed by atoms with Crippen molar-refractivity contribution < 1.29 is 34.0 Å². The molecule has 0 spiro atoms. The molecule has 0 saturated carbocycles. The number of phenolic OH excluding ortho intramolecular Hbond substituents is 2. The summed E-state index contributed by atoms with van der Waals surface area (Å²) in [5.74, 6) is -3.53. The number of carbonyl (C=O) groups is 2. The highest BCUT2D eigenvalue weighted by Crippen LogP contribution is 2.52. The van der Waals surface area contributed by atoms with E-state index in [4.69, 9.17) is 14.2 Å². The first-order valence-electron chi connectivity index (χ1n) is 8.98. The molecule has 0 fully saturated rings. The van der Waals surface area contributed by atoms with E-state index in [0.29, 0.717) is 0 Å². The first-order chi connectivity index (χ1) is 13.8. The third-order valence-corrected chi connectivity index (χ3v) is 3.99. The normalized spacial score (nSPS) is 10.9. The van der Waals surface area contributed by atoms with Crippen LogP contribution in [0, 0.1) is 5.92 Å². The van der Waals surface area contributed by atoms with Gasteiger partial charge in [-0.1, -0.05) is 50.3 Å². The van der Waals surface area contributed by atoms with Crippen LogP contribution in [0.1, 0.15) is 36.2 Å². The number of phenols is 2. The highest BCUT2D eigenvalue weighted by Gasteiger charge is 2.31. The number of hydrogen-bond donors (Lipinski definition) is 2. The van der Waals surface area contributed by atoms with Crippen molar-refractivity contribution in [3.05, 3.63) is 47.5 Å². The van der Waals surface area contributed by atoms with Crippen LogP contribution in [0.4, 0.5) is 0 Å². The summed E-state index contributed by atoms with van der Waals surface area (Å²) in [4.78, 5) is 24.9. The van der Waals surface area contributed by atoms with E-state index in [1.54, 1.807) is 18.2 Å². The van der Waals surface area contributed by atoms with Crippen molar-refractivity contribution in [2.75, 3.05) is 14.2 Å². The fourth-order valence-electron chi connectivity index (χ4n) is 2.68. The molecule has 0 bridgehead atoms. The summed E-state index contributed by atoms with van der Waals surface area (Å²) >= 11 is 0. The number of esters is 1. The van der Waals surface area contributed by atoms with E-state index < -0.39 is 29.0 Å². The van der Waals surface area contributed by atoms with Crippen molar-refractivity contribution >= 4 is 17.8 Å². The number of carbonyl (C=O) groups excluding carboxylic acids is 2. The average molecular weight is 400 g/mol. The van der Waals surface area contributed by atoms with Gasteiger partial charge in [0.25, 0.3) is 0 Å². The fourth-order valence-corrected chi connectivity index (χ4v) is 2.68. The van der Waals surface area contributed by atoms with Gasteiger partial charge in [-0.15, -0.1) is 0 Å². The summed E-state index contributed by atoms with van der Waals surface area (Å²) in [7, 11) is 2.44. The Morgan fingerprint density at radius 1 is 0.966 bits per heavy atom. The van der Waals surface area contributed by atoms with Crippen LogP contribution >= 0.6 is 0 Å². The van der Waals surface area contributed by atoms with Crippen LogP contribution in [0.2, 0.25) is 0 Å². The average Bonchev–Trinajstić information content (AvgIpc) is 2.68. The molecule has 2 rings (SSSR count). The number of hydrogen-bond acceptors (Lipinski definition) is 7. The Balaban J connectivity index is 2.55. The van der Waals surface area contributed by atoms with E-state index in [0.717, 1.165) is 5.56 Å². The van der Waals surface area contributed by atoms with Gasteiger partial charge in [0.05, 0.1) is 14.2 Å². The number of aromatic hydroxyl groups is 2. The molecular weight excluding hydrogens is 376 g/mol. The maximum Gasteiger partial charge on any atom is 0.311 e. The van der Waals surface area contributed by atoms with Gasteiger partial charge in [-0.25, -0.2) is 0 Å². The van der Waals surface area contributed by atoms with Gasteiger partial charge in [-0.05, 0) is 17.6 Å². The zero-order valence-electron chi connectivity index (χ0n) is 16.8. The van der Waals surface area contributed by atoms with Gasteiger partial charge in [0.2, 0.25) is 17.2 Å². The maximum atomic E-state index is 12.8. The Labute approximate surface area is 169 Å². The SMILES string of the molecule is COc1c(O)c(OC(=O)CC(C)C)c(OC)c(C(=O)/C=C/c2ccccc2)c1O. The summed E-state index contributed by atoms with van der Waals surface area (Å²) in [6, 6.07) is 9.08. The molecule has 7 nitrogen and oxygen atoms in total. The second kappa shape index (κ2) is 9.64. The summed E-state index contributed by atoms with van der Waals surface area (Å²) < 4.78 is 15.5. The van der Waals surface area contributed by atoms with Crippen LogP contribution in [0.15, 0.2) is 36.4 Å². The summed E-state index contributed by atoms with van der Waals surface area (Å²) in [5.41, 5.74) is 0.482. The highest BCUT2D eigenvalue weighted by atomic mass is 16.6. The van der Waals surface area contributed by atoms with Crippen LogP contribution in [-0.2, 0) is 4.79 Å². The Morgan fingerprint density at radius 3 is 2.14 bits per heavy atom. The molecule has 0 aliphatic heterocycles. The standard InChI is InChI=1S/C22H24O7/c1-13(2)12-16(24)29-22-19(26)21(28-4)18(25)17(20(22)27-3)15(23)11-10-14-8-6-5-7-9-14/h5-11,13,25-26H,12H2,1-4H3/b11-10+. The molecule has 154 valence electrons. The molecule has 0 heterocycles. The minimum atomic E-state index is -0.637. The maximum absolute atomic E-state index is 12.8. The van der Waals surface area contributed by atoms with E-state index in [2.05, 4.69) is 0 Å². The number of ketones is 1. The Kier molecular flexibility index (Phi) is 7.25. The number of methoxy groups -OCH3 is 2. The van der Waals surface area contributed by atoms with Crippen LogP contribution < -0.4 is 14.2 Å². The van der Waals surface area contributed by atoms with Crippen molar-refractivity contribution in [1.29, 1.82) is 0 Å². The zero-order chi connectivity index (χ0) is 21.6. The molecule has 0 radical (unpaired) electrons. The third kappa shape index (κ3) is 5.07. The monoisotopic (exact) mass is 400 g/mol. The molecule has 2 aromatic rings. The second-order valence-corrected chi connectivity index (χ2v) is 6.65. The van der Waals surface area contributed by atoms with Crippen molar-refractivity contribution in [3.63, 3.8) is 0 Å². The fraction of sp³-hybridized carbons (Fsp3) is 0.273. The van der Waals surface area contributed by atoms with Crippen LogP contribution in [-0.4, -0.2) is 36.2 Å². The van der Waals surface area contributed by atoms with Crippen LogP contribution in [0.5, 0.6) is 28.7 Å². The molecular formula is C22H24O7. The van der Waals surface area contributed by atoms with Gasteiger partial charge >= 0.3 is 5.97 Å². The molecule has 29 heavy (non-hydrogen) atoms. The van der Waals surface area contributed by atoms with E-state index >= 15 is 0 Å². The molecule has 0 aliphatic carbocycles. The van der Waals surface area contributed by atoms with Gasteiger partial charge in [0.1, 0.15) is 5.56 Å². The molecule has 0 unspecified atom stereocenters. The Bertz CT molecular complexity index is 915. The summed E-state index contributed by atoms with van der Waals surface area (Å²) in [6.07, 6.45) is 2.89. The number of allylic oxidation sites excluding steroid dienone is 1. The van der Waals surface area contributed by atoms with Gasteiger partial charge < -0.3 is 24.4 Å². The second-order valence-electron chi connectivity index (χ2n) is 6.65. The molecule has 2 N–H and O–H groups in total. The van der Waals surface area contributed by atoms with E-state index in [1.165, 1.54) is 20.3 Å². The lowest BCUT2D eigenvalue weighted by Gasteiger charge is -2.18. The van der Waals surface area contributed by atoms with Crippen molar-refractivity contribution in [2.24, 2.45) is 5.92 Å². The first-order valence-corrected chi connectivity index (χ1v) is 8.98. The van der Waals surface area contributed by atoms with Gasteiger partial charge in [-0.2, -0.15) is 0 Å². The smallest absolute Gasteiger partial charge is 0.311 e. The highest BCUT2D eigenvalue weighted by molar-refractivity contribution is 6.12. The van der Waals surface area contributed by atoms with Crippen molar-refractivity contribution in [3.8, 4) is 28.7 Å². The molecule has 0 amide bonds. The zero-order valence-corrected chi connectivity index (χ0v) is 16.8. The molecule has 0 saturated heterocycles. The largest absolute Gasteiger partial charge is 0.504 e. The molecule has 0 aromatic heterocycles. The van der Waals surface area contributed by atoms with Gasteiger partial charge in [0.15, 0.2) is 17.3 Å². The molecule has 0 aliphatic rings. The summed E-state index contributed by atoms with van der Waals surface area (Å²) in [5, 5.41) is 20.9. The van der Waals surface area contributed by atoms with Crippen LogP contribution in [0.3, 0.4) is 0 Å². The lowest BCUT2D eigenvalue weighted by molar-refractivity contribution is -0.135. The topological polar surface area (TPSA) is 102 Å². The lowest BCUT2D eigenvalue weighted by atomic mass is 10.0. The molecule has 0 atom stereocenters. The van der Waals surface area contributed by atoms with E-state index in [9.17, 15) is 19.8 Å². The number of benzene rings is 2. The Morgan fingerprint density at radius 2 is 1.59 bits per heavy atom.